The summed E-state index contributed by atoms with van der Waals surface area (Å²) in [6.07, 6.45) is 9.45. The Morgan fingerprint density at radius 3 is 2.37 bits per heavy atom. The quantitative estimate of drug-likeness (QED) is 0.847. The van der Waals surface area contributed by atoms with Gasteiger partial charge in [0.2, 0.25) is 0 Å². The van der Waals surface area contributed by atoms with Crippen LogP contribution < -0.4 is 0 Å². The molecule has 0 spiro atoms. The molecule has 0 amide bonds. The molecule has 19 heavy (non-hydrogen) atoms. The summed E-state index contributed by atoms with van der Waals surface area (Å²) in [5, 5.41) is 14.9. The summed E-state index contributed by atoms with van der Waals surface area (Å²) in [5.41, 5.74) is 3.69. The first-order valence-corrected chi connectivity index (χ1v) is 7.76. The van der Waals surface area contributed by atoms with Gasteiger partial charge >= 0.3 is 0 Å². The zero-order valence-corrected chi connectivity index (χ0v) is 12.7. The monoisotopic (exact) mass is 264 g/mol. The van der Waals surface area contributed by atoms with Crippen LogP contribution in [0.15, 0.2) is 0 Å². The second-order valence-corrected chi connectivity index (χ2v) is 6.13. The molecular weight excluding hydrogens is 236 g/mol. The summed E-state index contributed by atoms with van der Waals surface area (Å²) in [7, 11) is 1.99. The Balaban J connectivity index is 1.90. The topological polar surface area (TPSA) is 38.0 Å². The van der Waals surface area contributed by atoms with E-state index in [-0.39, 0.29) is 6.10 Å². The van der Waals surface area contributed by atoms with Gasteiger partial charge in [-0.05, 0) is 51.0 Å². The maximum atomic E-state index is 10.4. The van der Waals surface area contributed by atoms with Crippen LogP contribution in [-0.2, 0) is 13.5 Å². The van der Waals surface area contributed by atoms with Crippen LogP contribution in [0.25, 0.3) is 0 Å². The van der Waals surface area contributed by atoms with Crippen LogP contribution in [0.4, 0.5) is 0 Å². The van der Waals surface area contributed by atoms with Gasteiger partial charge in [-0.2, -0.15) is 5.10 Å². The molecule has 1 fully saturated rings. The Morgan fingerprint density at radius 2 is 1.84 bits per heavy atom. The Kier molecular flexibility index (Phi) is 5.03. The average molecular weight is 264 g/mol. The van der Waals surface area contributed by atoms with Gasteiger partial charge in [-0.1, -0.05) is 25.7 Å². The maximum Gasteiger partial charge on any atom is 0.0628 e. The summed E-state index contributed by atoms with van der Waals surface area (Å²) in [6, 6.07) is 0. The lowest BCUT2D eigenvalue weighted by molar-refractivity contribution is 0.0903. The number of hydrogen-bond acceptors (Lipinski definition) is 2. The second kappa shape index (κ2) is 6.56. The predicted octanol–water partition coefficient (Wildman–Crippen LogP) is 3.30. The fourth-order valence-corrected chi connectivity index (χ4v) is 3.40. The molecule has 1 heterocycles. The van der Waals surface area contributed by atoms with Crippen molar-refractivity contribution in [2.24, 2.45) is 13.0 Å². The lowest BCUT2D eigenvalue weighted by atomic mass is 9.90. The molecule has 0 saturated heterocycles. The van der Waals surface area contributed by atoms with Gasteiger partial charge in [0.15, 0.2) is 0 Å². The third-order valence-electron chi connectivity index (χ3n) is 4.79. The number of aliphatic hydroxyl groups is 1. The first kappa shape index (κ1) is 14.6. The van der Waals surface area contributed by atoms with Crippen molar-refractivity contribution in [3.8, 4) is 0 Å². The highest BCUT2D eigenvalue weighted by Crippen LogP contribution is 2.28. The van der Waals surface area contributed by atoms with Crippen molar-refractivity contribution in [3.05, 3.63) is 17.0 Å². The normalized spacial score (nSPS) is 19.4. The van der Waals surface area contributed by atoms with Crippen molar-refractivity contribution in [2.75, 3.05) is 0 Å². The van der Waals surface area contributed by atoms with Crippen LogP contribution in [0, 0.1) is 19.8 Å². The number of aryl methyl sites for hydroxylation is 2. The van der Waals surface area contributed by atoms with Crippen molar-refractivity contribution in [3.63, 3.8) is 0 Å². The highest BCUT2D eigenvalue weighted by atomic mass is 16.3. The molecule has 1 aromatic rings. The summed E-state index contributed by atoms with van der Waals surface area (Å²) in [4.78, 5) is 0. The molecular formula is C16H28N2O. The fraction of sp³-hybridized carbons (Fsp3) is 0.812. The second-order valence-electron chi connectivity index (χ2n) is 6.13. The Morgan fingerprint density at radius 1 is 1.21 bits per heavy atom. The van der Waals surface area contributed by atoms with Crippen molar-refractivity contribution in [1.29, 1.82) is 0 Å². The molecule has 0 aliphatic heterocycles. The minimum Gasteiger partial charge on any atom is -0.393 e. The van der Waals surface area contributed by atoms with Gasteiger partial charge in [-0.25, -0.2) is 0 Å². The molecule has 108 valence electrons. The number of nitrogens with zero attached hydrogens (tertiary/aromatic N) is 2. The van der Waals surface area contributed by atoms with E-state index in [0.717, 1.165) is 18.5 Å². The molecule has 0 bridgehead atoms. The zero-order valence-electron chi connectivity index (χ0n) is 12.7. The molecule has 1 N–H and O–H groups in total. The number of aromatic nitrogens is 2. The molecule has 1 aromatic heterocycles. The molecule has 0 radical (unpaired) electrons. The molecule has 1 unspecified atom stereocenters. The van der Waals surface area contributed by atoms with Gasteiger partial charge in [-0.15, -0.1) is 0 Å². The van der Waals surface area contributed by atoms with Crippen LogP contribution >= 0.6 is 0 Å². The van der Waals surface area contributed by atoms with E-state index in [1.165, 1.54) is 49.8 Å². The molecule has 0 aromatic carbocycles. The van der Waals surface area contributed by atoms with Gasteiger partial charge in [0.1, 0.15) is 0 Å². The van der Waals surface area contributed by atoms with Crippen LogP contribution in [0.1, 0.15) is 61.9 Å². The lowest BCUT2D eigenvalue weighted by Crippen LogP contribution is -2.20. The largest absolute Gasteiger partial charge is 0.393 e. The molecule has 2 rings (SSSR count). The summed E-state index contributed by atoms with van der Waals surface area (Å²) in [5.74, 6) is 0.528. The zero-order chi connectivity index (χ0) is 13.8. The summed E-state index contributed by atoms with van der Waals surface area (Å²) < 4.78 is 1.95. The smallest absolute Gasteiger partial charge is 0.0628 e. The van der Waals surface area contributed by atoms with E-state index >= 15 is 0 Å². The number of aliphatic hydroxyl groups excluding tert-OH is 1. The predicted molar refractivity (Wildman–Crippen MR) is 78.2 cm³/mol. The third-order valence-corrected chi connectivity index (χ3v) is 4.79. The molecule has 3 heteroatoms. The maximum absolute atomic E-state index is 10.4. The Hall–Kier alpha value is -0.830. The highest BCUT2D eigenvalue weighted by molar-refractivity contribution is 5.24. The van der Waals surface area contributed by atoms with Crippen molar-refractivity contribution in [1.82, 2.24) is 9.78 Å². The van der Waals surface area contributed by atoms with E-state index < -0.39 is 0 Å². The fourth-order valence-electron chi connectivity index (χ4n) is 3.40. The van der Waals surface area contributed by atoms with Crippen LogP contribution in [0.5, 0.6) is 0 Å². The first-order valence-electron chi connectivity index (χ1n) is 7.76. The van der Waals surface area contributed by atoms with E-state index in [0.29, 0.717) is 5.92 Å². The van der Waals surface area contributed by atoms with Gasteiger partial charge < -0.3 is 5.11 Å². The third kappa shape index (κ3) is 3.59. The standard InChI is InChI=1S/C16H28N2O/c1-12-15(13(2)18(3)17-12)10-11-16(19)14-8-6-4-5-7-9-14/h14,16,19H,4-11H2,1-3H3. The van der Waals surface area contributed by atoms with E-state index in [9.17, 15) is 5.11 Å². The molecule has 1 saturated carbocycles. The molecule has 1 aliphatic carbocycles. The first-order chi connectivity index (χ1) is 9.09. The number of rotatable bonds is 4. The molecule has 1 atom stereocenters. The van der Waals surface area contributed by atoms with E-state index in [2.05, 4.69) is 18.9 Å². The van der Waals surface area contributed by atoms with Crippen LogP contribution in [-0.4, -0.2) is 21.0 Å². The van der Waals surface area contributed by atoms with E-state index in [1.54, 1.807) is 0 Å². The minimum absolute atomic E-state index is 0.128. The number of hydrogen-bond donors (Lipinski definition) is 1. The minimum atomic E-state index is -0.128. The van der Waals surface area contributed by atoms with Gasteiger partial charge in [0.05, 0.1) is 11.8 Å². The molecule has 1 aliphatic rings. The van der Waals surface area contributed by atoms with E-state index in [4.69, 9.17) is 0 Å². The van der Waals surface area contributed by atoms with Gasteiger partial charge in [0.25, 0.3) is 0 Å². The van der Waals surface area contributed by atoms with Crippen molar-refractivity contribution in [2.45, 2.75) is 71.3 Å². The van der Waals surface area contributed by atoms with Gasteiger partial charge in [0, 0.05) is 12.7 Å². The van der Waals surface area contributed by atoms with Crippen molar-refractivity contribution >= 4 is 0 Å². The molecule has 3 nitrogen and oxygen atoms in total. The Bertz CT molecular complexity index is 403. The van der Waals surface area contributed by atoms with Crippen LogP contribution in [0.2, 0.25) is 0 Å². The summed E-state index contributed by atoms with van der Waals surface area (Å²) in [6.45, 7) is 4.19. The lowest BCUT2D eigenvalue weighted by Gasteiger charge is -2.21. The SMILES string of the molecule is Cc1nn(C)c(C)c1CCC(O)C1CCCCCC1. The van der Waals surface area contributed by atoms with Crippen LogP contribution in [0.3, 0.4) is 0 Å². The Labute approximate surface area is 117 Å². The van der Waals surface area contributed by atoms with Crippen molar-refractivity contribution < 1.29 is 5.11 Å². The average Bonchev–Trinajstić information content (AvgIpc) is 2.62. The summed E-state index contributed by atoms with van der Waals surface area (Å²) >= 11 is 0. The highest BCUT2D eigenvalue weighted by Gasteiger charge is 2.21. The van der Waals surface area contributed by atoms with E-state index in [1.807, 2.05) is 11.7 Å². The van der Waals surface area contributed by atoms with Gasteiger partial charge in [-0.3, -0.25) is 4.68 Å².